The molecule has 0 bridgehead atoms. The van der Waals surface area contributed by atoms with Crippen LogP contribution < -0.4 is 10.1 Å². The Morgan fingerprint density at radius 3 is 2.65 bits per heavy atom. The van der Waals surface area contributed by atoms with E-state index < -0.39 is 0 Å². The molecule has 2 unspecified atom stereocenters. The molecular weight excluding hydrogens is 268 g/mol. The monoisotopic (exact) mass is 294 g/mol. The lowest BCUT2D eigenvalue weighted by molar-refractivity contribution is 0.206. The Morgan fingerprint density at radius 1 is 1.25 bits per heavy atom. The van der Waals surface area contributed by atoms with Crippen molar-refractivity contribution in [3.05, 3.63) is 29.8 Å². The van der Waals surface area contributed by atoms with Crippen molar-refractivity contribution in [1.82, 2.24) is 10.2 Å². The zero-order valence-corrected chi connectivity index (χ0v) is 13.6. The van der Waals surface area contributed by atoms with Crippen molar-refractivity contribution in [1.29, 1.82) is 0 Å². The fraction of sp³-hybridized carbons (Fsp3) is 0.625. The topological polar surface area (TPSA) is 24.5 Å². The molecule has 1 aliphatic heterocycles. The van der Waals surface area contributed by atoms with E-state index in [2.05, 4.69) is 54.0 Å². The van der Waals surface area contributed by atoms with E-state index in [0.29, 0.717) is 0 Å². The molecule has 1 heterocycles. The molecule has 0 aliphatic carbocycles. The number of para-hydroxylation sites is 1. The van der Waals surface area contributed by atoms with Crippen molar-refractivity contribution in [3.8, 4) is 5.75 Å². The zero-order valence-electron chi connectivity index (χ0n) is 12.8. The van der Waals surface area contributed by atoms with Crippen LogP contribution in [0.25, 0.3) is 0 Å². The molecule has 20 heavy (non-hydrogen) atoms. The minimum Gasteiger partial charge on any atom is -0.492 e. The Balaban J connectivity index is 1.81. The summed E-state index contributed by atoms with van der Waals surface area (Å²) in [6, 6.07) is 8.28. The van der Waals surface area contributed by atoms with Crippen molar-refractivity contribution in [3.63, 3.8) is 0 Å². The van der Waals surface area contributed by atoms with Gasteiger partial charge >= 0.3 is 0 Å². The molecular formula is C16H26N2OS. The normalized spacial score (nSPS) is 23.8. The van der Waals surface area contributed by atoms with Crippen LogP contribution in [0.1, 0.15) is 19.4 Å². The summed E-state index contributed by atoms with van der Waals surface area (Å²) >= 11 is 2.09. The molecule has 3 nitrogen and oxygen atoms in total. The maximum atomic E-state index is 5.97. The highest BCUT2D eigenvalue weighted by Gasteiger charge is 2.21. The lowest BCUT2D eigenvalue weighted by Crippen LogP contribution is -2.42. The first-order chi connectivity index (χ1) is 9.69. The second-order valence-corrected chi connectivity index (χ2v) is 7.39. The predicted molar refractivity (Wildman–Crippen MR) is 87.7 cm³/mol. The molecule has 0 amide bonds. The average molecular weight is 294 g/mol. The minimum absolute atomic E-state index is 0.732. The highest BCUT2D eigenvalue weighted by molar-refractivity contribution is 8.00. The van der Waals surface area contributed by atoms with Gasteiger partial charge in [0.25, 0.3) is 0 Å². The van der Waals surface area contributed by atoms with Gasteiger partial charge in [-0.3, -0.25) is 4.90 Å². The maximum absolute atomic E-state index is 5.97. The summed E-state index contributed by atoms with van der Waals surface area (Å²) in [5.41, 5.74) is 1.23. The van der Waals surface area contributed by atoms with Gasteiger partial charge in [0.15, 0.2) is 0 Å². The number of rotatable bonds is 6. The largest absolute Gasteiger partial charge is 0.492 e. The average Bonchev–Trinajstić information content (AvgIpc) is 2.40. The van der Waals surface area contributed by atoms with Gasteiger partial charge in [0.2, 0.25) is 0 Å². The fourth-order valence-corrected chi connectivity index (χ4v) is 4.12. The third-order valence-electron chi connectivity index (χ3n) is 3.50. The van der Waals surface area contributed by atoms with Gasteiger partial charge in [-0.1, -0.05) is 32.0 Å². The van der Waals surface area contributed by atoms with Crippen molar-refractivity contribution >= 4 is 11.8 Å². The summed E-state index contributed by atoms with van der Waals surface area (Å²) in [5.74, 6) is 1.01. The van der Waals surface area contributed by atoms with Crippen LogP contribution in [0.5, 0.6) is 5.75 Å². The van der Waals surface area contributed by atoms with Crippen LogP contribution in [0, 0.1) is 0 Å². The van der Waals surface area contributed by atoms with E-state index in [1.165, 1.54) is 18.7 Å². The minimum atomic E-state index is 0.732. The third kappa shape index (κ3) is 4.69. The fourth-order valence-electron chi connectivity index (χ4n) is 2.73. The SMILES string of the molecule is CNCc1ccccc1OCCN1CC(C)SC(C)C1. The molecule has 2 rings (SSSR count). The Hall–Kier alpha value is -0.710. The van der Waals surface area contributed by atoms with Gasteiger partial charge in [-0.05, 0) is 13.1 Å². The number of hydrogen-bond acceptors (Lipinski definition) is 4. The molecule has 0 saturated carbocycles. The van der Waals surface area contributed by atoms with Crippen molar-refractivity contribution < 1.29 is 4.74 Å². The molecule has 1 saturated heterocycles. The first-order valence-electron chi connectivity index (χ1n) is 7.42. The summed E-state index contributed by atoms with van der Waals surface area (Å²) in [5, 5.41) is 4.65. The number of thioether (sulfide) groups is 1. The van der Waals surface area contributed by atoms with Crippen molar-refractivity contribution in [2.75, 3.05) is 33.3 Å². The second-order valence-electron chi connectivity index (χ2n) is 5.50. The molecule has 0 spiro atoms. The number of ether oxygens (including phenoxy) is 1. The van der Waals surface area contributed by atoms with E-state index in [1.807, 2.05) is 13.1 Å². The highest BCUT2D eigenvalue weighted by Crippen LogP contribution is 2.24. The van der Waals surface area contributed by atoms with Gasteiger partial charge in [-0.2, -0.15) is 11.8 Å². The van der Waals surface area contributed by atoms with Crippen molar-refractivity contribution in [2.45, 2.75) is 30.9 Å². The first kappa shape index (κ1) is 15.7. The Kier molecular flexibility index (Phi) is 6.20. The Labute approximate surface area is 127 Å². The lowest BCUT2D eigenvalue weighted by atomic mass is 10.2. The zero-order chi connectivity index (χ0) is 14.4. The molecule has 112 valence electrons. The molecule has 1 aromatic carbocycles. The van der Waals surface area contributed by atoms with Crippen LogP contribution in [0.3, 0.4) is 0 Å². The molecule has 0 radical (unpaired) electrons. The van der Waals surface area contributed by atoms with Gasteiger partial charge in [-0.25, -0.2) is 0 Å². The van der Waals surface area contributed by atoms with Gasteiger partial charge in [-0.15, -0.1) is 0 Å². The molecule has 4 heteroatoms. The summed E-state index contributed by atoms with van der Waals surface area (Å²) in [4.78, 5) is 2.52. The predicted octanol–water partition coefficient (Wildman–Crippen LogP) is 2.61. The summed E-state index contributed by atoms with van der Waals surface area (Å²) in [6.45, 7) is 9.62. The molecule has 1 N–H and O–H groups in total. The molecule has 2 atom stereocenters. The van der Waals surface area contributed by atoms with Gasteiger partial charge in [0, 0.05) is 42.2 Å². The van der Waals surface area contributed by atoms with Crippen LogP contribution in [0.2, 0.25) is 0 Å². The van der Waals surface area contributed by atoms with Gasteiger partial charge in [0.05, 0.1) is 0 Å². The van der Waals surface area contributed by atoms with E-state index in [9.17, 15) is 0 Å². The molecule has 1 aromatic rings. The van der Waals surface area contributed by atoms with Crippen molar-refractivity contribution in [2.24, 2.45) is 0 Å². The number of nitrogens with one attached hydrogen (secondary N) is 1. The number of nitrogens with zero attached hydrogens (tertiary/aromatic N) is 1. The molecule has 1 fully saturated rings. The maximum Gasteiger partial charge on any atom is 0.123 e. The quantitative estimate of drug-likeness (QED) is 0.871. The van der Waals surface area contributed by atoms with E-state index in [4.69, 9.17) is 4.74 Å². The first-order valence-corrected chi connectivity index (χ1v) is 8.36. The number of hydrogen-bond donors (Lipinski definition) is 1. The van der Waals surface area contributed by atoms with E-state index in [-0.39, 0.29) is 0 Å². The summed E-state index contributed by atoms with van der Waals surface area (Å²) in [7, 11) is 1.96. The molecule has 1 aliphatic rings. The van der Waals surface area contributed by atoms with Crippen LogP contribution in [0.4, 0.5) is 0 Å². The summed E-state index contributed by atoms with van der Waals surface area (Å²) in [6.07, 6.45) is 0. The second kappa shape index (κ2) is 7.91. The van der Waals surface area contributed by atoms with Crippen LogP contribution in [0.15, 0.2) is 24.3 Å². The van der Waals surface area contributed by atoms with Gasteiger partial charge in [0.1, 0.15) is 12.4 Å². The summed E-state index contributed by atoms with van der Waals surface area (Å²) < 4.78 is 5.97. The van der Waals surface area contributed by atoms with Crippen LogP contribution in [-0.2, 0) is 6.54 Å². The Bertz CT molecular complexity index is 403. The van der Waals surface area contributed by atoms with E-state index in [1.54, 1.807) is 0 Å². The van der Waals surface area contributed by atoms with Crippen LogP contribution >= 0.6 is 11.8 Å². The lowest BCUT2D eigenvalue weighted by Gasteiger charge is -2.34. The number of benzene rings is 1. The Morgan fingerprint density at radius 2 is 1.95 bits per heavy atom. The third-order valence-corrected chi connectivity index (χ3v) is 4.73. The highest BCUT2D eigenvalue weighted by atomic mass is 32.2. The smallest absolute Gasteiger partial charge is 0.123 e. The van der Waals surface area contributed by atoms with E-state index in [0.717, 1.165) is 35.9 Å². The van der Waals surface area contributed by atoms with Crippen LogP contribution in [-0.4, -0.2) is 48.7 Å². The standard InChI is InChI=1S/C16H26N2OS/c1-13-11-18(12-14(2)20-13)8-9-19-16-7-5-4-6-15(16)10-17-3/h4-7,13-14,17H,8-12H2,1-3H3. The van der Waals surface area contributed by atoms with E-state index >= 15 is 0 Å². The molecule has 0 aromatic heterocycles. The van der Waals surface area contributed by atoms with Gasteiger partial charge < -0.3 is 10.1 Å².